The Balaban J connectivity index is 2.35. The molecule has 0 spiro atoms. The molecule has 0 fully saturated rings. The standard InChI is InChI=1S/C9H12N2O4/c1-13-8-5-3-4-10-6(9(12)14-2)7(5)15-11-8/h6,10H,3-4H2,1-2H3. The summed E-state index contributed by atoms with van der Waals surface area (Å²) in [6.07, 6.45) is 0.732. The molecule has 0 radical (unpaired) electrons. The average molecular weight is 212 g/mol. The molecule has 2 rings (SSSR count). The van der Waals surface area contributed by atoms with E-state index in [4.69, 9.17) is 9.26 Å². The molecular formula is C9H12N2O4. The summed E-state index contributed by atoms with van der Waals surface area (Å²) < 4.78 is 14.8. The molecule has 2 heterocycles. The maximum Gasteiger partial charge on any atom is 0.330 e. The highest BCUT2D eigenvalue weighted by molar-refractivity contribution is 5.77. The van der Waals surface area contributed by atoms with Crippen molar-refractivity contribution in [1.82, 2.24) is 10.5 Å². The number of nitrogens with zero attached hydrogens (tertiary/aromatic N) is 1. The summed E-state index contributed by atoms with van der Waals surface area (Å²) in [4.78, 5) is 11.4. The first-order chi connectivity index (χ1) is 7.27. The first-order valence-electron chi connectivity index (χ1n) is 4.61. The molecule has 0 bridgehead atoms. The zero-order valence-corrected chi connectivity index (χ0v) is 8.57. The maximum atomic E-state index is 11.4. The summed E-state index contributed by atoms with van der Waals surface area (Å²) in [5.74, 6) is 0.556. The van der Waals surface area contributed by atoms with Crippen molar-refractivity contribution in [3.05, 3.63) is 11.3 Å². The Morgan fingerprint density at radius 2 is 2.40 bits per heavy atom. The predicted octanol–water partition coefficient (Wildman–Crippen LogP) is 0.0430. The van der Waals surface area contributed by atoms with Crippen molar-refractivity contribution in [2.45, 2.75) is 12.5 Å². The minimum atomic E-state index is -0.574. The molecule has 0 saturated heterocycles. The van der Waals surface area contributed by atoms with Gasteiger partial charge in [0.05, 0.1) is 19.8 Å². The second kappa shape index (κ2) is 3.90. The lowest BCUT2D eigenvalue weighted by Crippen LogP contribution is -2.35. The highest BCUT2D eigenvalue weighted by atomic mass is 16.5. The van der Waals surface area contributed by atoms with E-state index >= 15 is 0 Å². The zero-order chi connectivity index (χ0) is 10.8. The largest absolute Gasteiger partial charge is 0.479 e. The van der Waals surface area contributed by atoms with Crippen LogP contribution in [-0.4, -0.2) is 31.9 Å². The first kappa shape index (κ1) is 9.97. The van der Waals surface area contributed by atoms with Gasteiger partial charge in [0.25, 0.3) is 5.88 Å². The Morgan fingerprint density at radius 1 is 1.60 bits per heavy atom. The van der Waals surface area contributed by atoms with E-state index in [-0.39, 0.29) is 5.97 Å². The number of methoxy groups -OCH3 is 2. The Kier molecular flexibility index (Phi) is 2.59. The molecule has 1 N–H and O–H groups in total. The molecule has 6 heteroatoms. The van der Waals surface area contributed by atoms with Gasteiger partial charge in [-0.15, -0.1) is 0 Å². The second-order valence-corrected chi connectivity index (χ2v) is 3.19. The Labute approximate surface area is 86.5 Å². The van der Waals surface area contributed by atoms with Gasteiger partial charge in [-0.25, -0.2) is 4.79 Å². The summed E-state index contributed by atoms with van der Waals surface area (Å²) in [5.41, 5.74) is 0.839. The van der Waals surface area contributed by atoms with Crippen LogP contribution in [0.5, 0.6) is 5.88 Å². The smallest absolute Gasteiger partial charge is 0.330 e. The summed E-state index contributed by atoms with van der Waals surface area (Å²) >= 11 is 0. The molecule has 1 aliphatic heterocycles. The molecule has 1 unspecified atom stereocenters. The molecule has 0 aliphatic carbocycles. The van der Waals surface area contributed by atoms with Gasteiger partial charge in [-0.1, -0.05) is 0 Å². The van der Waals surface area contributed by atoms with Gasteiger partial charge in [0.15, 0.2) is 11.8 Å². The van der Waals surface area contributed by atoms with Crippen molar-refractivity contribution < 1.29 is 18.8 Å². The minimum Gasteiger partial charge on any atom is -0.479 e. The Hall–Kier alpha value is -1.56. The van der Waals surface area contributed by atoms with E-state index in [0.717, 1.165) is 12.0 Å². The van der Waals surface area contributed by atoms with Crippen LogP contribution in [-0.2, 0) is 16.0 Å². The number of esters is 1. The van der Waals surface area contributed by atoms with Gasteiger partial charge >= 0.3 is 5.97 Å². The van der Waals surface area contributed by atoms with E-state index < -0.39 is 6.04 Å². The fourth-order valence-electron chi connectivity index (χ4n) is 1.67. The van der Waals surface area contributed by atoms with E-state index in [2.05, 4.69) is 15.2 Å². The molecule has 15 heavy (non-hydrogen) atoms. The van der Waals surface area contributed by atoms with Gasteiger partial charge in [-0.05, 0) is 11.6 Å². The van der Waals surface area contributed by atoms with Crippen molar-refractivity contribution in [3.63, 3.8) is 0 Å². The number of hydrogen-bond acceptors (Lipinski definition) is 6. The average Bonchev–Trinajstić information content (AvgIpc) is 2.70. The zero-order valence-electron chi connectivity index (χ0n) is 8.57. The number of fused-ring (bicyclic) bond motifs is 1. The molecular weight excluding hydrogens is 200 g/mol. The van der Waals surface area contributed by atoms with Crippen molar-refractivity contribution in [3.8, 4) is 5.88 Å². The van der Waals surface area contributed by atoms with E-state index in [9.17, 15) is 4.79 Å². The highest BCUT2D eigenvalue weighted by Gasteiger charge is 2.33. The van der Waals surface area contributed by atoms with Crippen molar-refractivity contribution in [2.24, 2.45) is 0 Å². The van der Waals surface area contributed by atoms with E-state index in [0.29, 0.717) is 18.2 Å². The summed E-state index contributed by atoms with van der Waals surface area (Å²) in [5, 5.41) is 6.74. The third-order valence-corrected chi connectivity index (χ3v) is 2.40. The van der Waals surface area contributed by atoms with Crippen molar-refractivity contribution in [1.29, 1.82) is 0 Å². The van der Waals surface area contributed by atoms with Crippen molar-refractivity contribution in [2.75, 3.05) is 20.8 Å². The summed E-state index contributed by atoms with van der Waals surface area (Å²) in [6, 6.07) is -0.574. The first-order valence-corrected chi connectivity index (χ1v) is 4.61. The van der Waals surface area contributed by atoms with Crippen LogP contribution in [0.1, 0.15) is 17.4 Å². The minimum absolute atomic E-state index is 0.380. The lowest BCUT2D eigenvalue weighted by atomic mass is 10.0. The molecule has 0 aromatic carbocycles. The van der Waals surface area contributed by atoms with Gasteiger partial charge in [0, 0.05) is 6.54 Å². The van der Waals surface area contributed by atoms with Crippen LogP contribution < -0.4 is 10.1 Å². The molecule has 1 aliphatic rings. The SMILES string of the molecule is COC(=O)C1NCCc2c(OC)noc21. The maximum absolute atomic E-state index is 11.4. The lowest BCUT2D eigenvalue weighted by molar-refractivity contribution is -0.144. The molecule has 1 aromatic heterocycles. The van der Waals surface area contributed by atoms with Gasteiger partial charge in [0.1, 0.15) is 0 Å². The fourth-order valence-corrected chi connectivity index (χ4v) is 1.67. The number of rotatable bonds is 2. The number of ether oxygens (including phenoxy) is 2. The third kappa shape index (κ3) is 1.56. The number of hydrogen-bond donors (Lipinski definition) is 1. The predicted molar refractivity (Wildman–Crippen MR) is 49.5 cm³/mol. The van der Waals surface area contributed by atoms with Gasteiger partial charge < -0.3 is 14.0 Å². The van der Waals surface area contributed by atoms with Crippen LogP contribution in [0.25, 0.3) is 0 Å². The number of carbonyl (C=O) groups excluding carboxylic acids is 1. The lowest BCUT2D eigenvalue weighted by Gasteiger charge is -2.19. The number of aromatic nitrogens is 1. The monoisotopic (exact) mass is 212 g/mol. The normalized spacial score (nSPS) is 19.5. The van der Waals surface area contributed by atoms with Gasteiger partial charge in [0.2, 0.25) is 0 Å². The van der Waals surface area contributed by atoms with Crippen LogP contribution in [0.15, 0.2) is 4.52 Å². The molecule has 82 valence electrons. The van der Waals surface area contributed by atoms with Gasteiger partial charge in [-0.3, -0.25) is 5.32 Å². The van der Waals surface area contributed by atoms with E-state index in [1.807, 2.05) is 0 Å². The third-order valence-electron chi connectivity index (χ3n) is 2.40. The van der Waals surface area contributed by atoms with Crippen LogP contribution in [0.3, 0.4) is 0 Å². The van der Waals surface area contributed by atoms with Crippen LogP contribution in [0.2, 0.25) is 0 Å². The van der Waals surface area contributed by atoms with Crippen molar-refractivity contribution >= 4 is 5.97 Å². The molecule has 6 nitrogen and oxygen atoms in total. The molecule has 1 atom stereocenters. The quantitative estimate of drug-likeness (QED) is 0.698. The molecule has 1 aromatic rings. The number of nitrogens with one attached hydrogen (secondary N) is 1. The van der Waals surface area contributed by atoms with Crippen LogP contribution in [0, 0.1) is 0 Å². The topological polar surface area (TPSA) is 73.6 Å². The number of carbonyl (C=O) groups is 1. The van der Waals surface area contributed by atoms with E-state index in [1.165, 1.54) is 14.2 Å². The second-order valence-electron chi connectivity index (χ2n) is 3.19. The van der Waals surface area contributed by atoms with Gasteiger partial charge in [-0.2, -0.15) is 0 Å². The molecule has 0 amide bonds. The molecule has 0 saturated carbocycles. The summed E-state index contributed by atoms with van der Waals surface area (Å²) in [7, 11) is 2.86. The highest BCUT2D eigenvalue weighted by Crippen LogP contribution is 2.30. The fraction of sp³-hybridized carbons (Fsp3) is 0.556. The van der Waals surface area contributed by atoms with E-state index in [1.54, 1.807) is 0 Å². The van der Waals surface area contributed by atoms with Crippen LogP contribution in [0.4, 0.5) is 0 Å². The summed E-state index contributed by atoms with van der Waals surface area (Å²) in [6.45, 7) is 0.671. The Morgan fingerprint density at radius 3 is 3.07 bits per heavy atom. The Bertz CT molecular complexity index is 374. The van der Waals surface area contributed by atoms with Crippen LogP contribution >= 0.6 is 0 Å².